The molecule has 2 amide bonds. The maximum atomic E-state index is 12.9. The molecule has 0 bridgehead atoms. The summed E-state index contributed by atoms with van der Waals surface area (Å²) in [6.07, 6.45) is -3.97. The van der Waals surface area contributed by atoms with E-state index in [1.54, 1.807) is 0 Å². The fourth-order valence-electron chi connectivity index (χ4n) is 3.62. The van der Waals surface area contributed by atoms with Gasteiger partial charge in [-0.05, 0) is 18.2 Å². The van der Waals surface area contributed by atoms with E-state index in [-0.39, 0.29) is 12.1 Å². The summed E-state index contributed by atoms with van der Waals surface area (Å²) in [6.45, 7) is 0.803. The number of imide groups is 1. The summed E-state index contributed by atoms with van der Waals surface area (Å²) in [4.78, 5) is 37.4. The number of carbonyl (C=O) groups excluding carboxylic acids is 3. The third-order valence-electron chi connectivity index (χ3n) is 5.03. The van der Waals surface area contributed by atoms with Gasteiger partial charge in [-0.15, -0.1) is 0 Å². The normalized spacial score (nSPS) is 27.0. The summed E-state index contributed by atoms with van der Waals surface area (Å²) in [5, 5.41) is 10.9. The van der Waals surface area contributed by atoms with Crippen LogP contribution in [0.1, 0.15) is 24.8 Å². The van der Waals surface area contributed by atoms with Crippen LogP contribution in [0.5, 0.6) is 0 Å². The molecule has 26 heavy (non-hydrogen) atoms. The molecule has 2 aliphatic rings. The lowest BCUT2D eigenvalue weighted by Crippen LogP contribution is -3.17. The van der Waals surface area contributed by atoms with Crippen LogP contribution in [0.2, 0.25) is 0 Å². The van der Waals surface area contributed by atoms with Crippen LogP contribution in [-0.4, -0.2) is 36.9 Å². The van der Waals surface area contributed by atoms with Gasteiger partial charge >= 0.3 is 6.18 Å². The van der Waals surface area contributed by atoms with Crippen LogP contribution in [-0.2, 0) is 20.6 Å². The highest BCUT2D eigenvalue weighted by atomic mass is 19.4. The van der Waals surface area contributed by atoms with Gasteiger partial charge < -0.3 is 14.8 Å². The summed E-state index contributed by atoms with van der Waals surface area (Å²) in [5.41, 5.74) is -1.03. The number of benzene rings is 1. The third-order valence-corrected chi connectivity index (χ3v) is 5.03. The molecular formula is C17H17F3N2O4. The van der Waals surface area contributed by atoms with Crippen LogP contribution < -0.4 is 14.9 Å². The van der Waals surface area contributed by atoms with Gasteiger partial charge in [-0.1, -0.05) is 6.07 Å². The van der Waals surface area contributed by atoms with Gasteiger partial charge in [0.15, 0.2) is 6.04 Å². The van der Waals surface area contributed by atoms with E-state index in [1.165, 1.54) is 6.07 Å². The minimum Gasteiger partial charge on any atom is -0.550 e. The average Bonchev–Trinajstić information content (AvgIpc) is 2.89. The van der Waals surface area contributed by atoms with Crippen molar-refractivity contribution >= 4 is 23.5 Å². The molecule has 0 aromatic heterocycles. The number of hydrogen-bond donors (Lipinski definition) is 1. The van der Waals surface area contributed by atoms with Crippen molar-refractivity contribution in [2.75, 3.05) is 18.0 Å². The third kappa shape index (κ3) is 3.44. The molecule has 0 aliphatic carbocycles. The van der Waals surface area contributed by atoms with Crippen molar-refractivity contribution in [3.63, 3.8) is 0 Å². The SMILES string of the molecule is O=C([O-])C1CC[NH+]([C@H]2CC(=O)N(c3cccc(C(F)(F)F)c3)C2=O)CC1. The number of carboxylic acid groups (broad SMARTS) is 1. The Labute approximate surface area is 147 Å². The molecule has 0 spiro atoms. The first kappa shape index (κ1) is 18.4. The largest absolute Gasteiger partial charge is 0.550 e. The van der Waals surface area contributed by atoms with E-state index in [4.69, 9.17) is 0 Å². The first-order valence-corrected chi connectivity index (χ1v) is 8.28. The average molecular weight is 370 g/mol. The number of piperidine rings is 1. The Balaban J connectivity index is 1.77. The van der Waals surface area contributed by atoms with E-state index in [1.807, 2.05) is 0 Å². The number of quaternary nitrogens is 1. The highest BCUT2D eigenvalue weighted by molar-refractivity contribution is 6.21. The summed E-state index contributed by atoms with van der Waals surface area (Å²) < 4.78 is 38.6. The van der Waals surface area contributed by atoms with Gasteiger partial charge in [0.2, 0.25) is 5.91 Å². The van der Waals surface area contributed by atoms with Crippen LogP contribution >= 0.6 is 0 Å². The van der Waals surface area contributed by atoms with Gasteiger partial charge in [-0.25, -0.2) is 4.90 Å². The minimum absolute atomic E-state index is 0.0960. The predicted molar refractivity (Wildman–Crippen MR) is 80.8 cm³/mol. The lowest BCUT2D eigenvalue weighted by molar-refractivity contribution is -0.920. The minimum atomic E-state index is -4.57. The molecule has 6 nitrogen and oxygen atoms in total. The van der Waals surface area contributed by atoms with Crippen LogP contribution in [0.25, 0.3) is 0 Å². The number of anilines is 1. The Morgan fingerprint density at radius 3 is 2.42 bits per heavy atom. The van der Waals surface area contributed by atoms with E-state index in [2.05, 4.69) is 0 Å². The monoisotopic (exact) mass is 370 g/mol. The molecule has 3 rings (SSSR count). The Hall–Kier alpha value is -2.42. The molecule has 2 fully saturated rings. The number of carbonyl (C=O) groups is 3. The summed E-state index contributed by atoms with van der Waals surface area (Å²) in [5.74, 6) is -2.78. The van der Waals surface area contributed by atoms with Crippen LogP contribution in [0, 0.1) is 5.92 Å². The predicted octanol–water partition coefficient (Wildman–Crippen LogP) is -0.618. The number of nitrogens with one attached hydrogen (secondary N) is 1. The maximum Gasteiger partial charge on any atom is 0.416 e. The van der Waals surface area contributed by atoms with Crippen molar-refractivity contribution in [1.29, 1.82) is 0 Å². The van der Waals surface area contributed by atoms with Crippen molar-refractivity contribution in [3.8, 4) is 0 Å². The molecule has 0 unspecified atom stereocenters. The molecular weight excluding hydrogens is 353 g/mol. The Kier molecular flexibility index (Phi) is 4.74. The molecule has 1 aromatic carbocycles. The van der Waals surface area contributed by atoms with Crippen molar-refractivity contribution in [2.45, 2.75) is 31.5 Å². The molecule has 1 aromatic rings. The molecule has 2 saturated heterocycles. The molecule has 140 valence electrons. The van der Waals surface area contributed by atoms with E-state index < -0.39 is 41.5 Å². The second kappa shape index (κ2) is 6.71. The Morgan fingerprint density at radius 1 is 1.19 bits per heavy atom. The highest BCUT2D eigenvalue weighted by Crippen LogP contribution is 2.32. The quantitative estimate of drug-likeness (QED) is 0.720. The lowest BCUT2D eigenvalue weighted by Gasteiger charge is -2.32. The molecule has 0 saturated carbocycles. The van der Waals surface area contributed by atoms with Crippen molar-refractivity contribution in [3.05, 3.63) is 29.8 Å². The van der Waals surface area contributed by atoms with Crippen LogP contribution in [0.3, 0.4) is 0 Å². The van der Waals surface area contributed by atoms with Crippen molar-refractivity contribution < 1.29 is 37.6 Å². The maximum absolute atomic E-state index is 12.9. The first-order chi connectivity index (χ1) is 12.2. The number of rotatable bonds is 3. The lowest BCUT2D eigenvalue weighted by atomic mass is 9.96. The molecule has 2 heterocycles. The van der Waals surface area contributed by atoms with Crippen molar-refractivity contribution in [1.82, 2.24) is 0 Å². The smallest absolute Gasteiger partial charge is 0.416 e. The van der Waals surface area contributed by atoms with Crippen LogP contribution in [0.15, 0.2) is 24.3 Å². The topological polar surface area (TPSA) is 81.9 Å². The van der Waals surface area contributed by atoms with Crippen molar-refractivity contribution in [2.24, 2.45) is 5.92 Å². The Morgan fingerprint density at radius 2 is 1.85 bits per heavy atom. The zero-order valence-corrected chi connectivity index (χ0v) is 13.7. The number of alkyl halides is 3. The van der Waals surface area contributed by atoms with Gasteiger partial charge in [-0.3, -0.25) is 9.59 Å². The van der Waals surface area contributed by atoms with Gasteiger partial charge in [0.1, 0.15) is 0 Å². The fraction of sp³-hybridized carbons (Fsp3) is 0.471. The fourth-order valence-corrected chi connectivity index (χ4v) is 3.62. The number of carboxylic acids is 1. The standard InChI is InChI=1S/C17H17F3N2O4/c18-17(19,20)11-2-1-3-12(8-11)22-14(23)9-13(15(22)24)21-6-4-10(5-7-21)16(25)26/h1-3,8,10,13H,4-7,9H2,(H,25,26)/t13-/m0/s1. The number of hydrogen-bond acceptors (Lipinski definition) is 4. The number of nitrogens with zero attached hydrogens (tertiary/aromatic N) is 1. The Bertz CT molecular complexity index is 742. The van der Waals surface area contributed by atoms with Gasteiger partial charge in [0.25, 0.3) is 5.91 Å². The second-order valence-corrected chi connectivity index (χ2v) is 6.62. The molecule has 1 atom stereocenters. The zero-order chi connectivity index (χ0) is 19.1. The van der Waals surface area contributed by atoms with E-state index in [0.717, 1.165) is 28.0 Å². The van der Waals surface area contributed by atoms with Crippen LogP contribution in [0.4, 0.5) is 18.9 Å². The zero-order valence-electron chi connectivity index (χ0n) is 13.7. The first-order valence-electron chi connectivity index (χ1n) is 8.28. The summed E-state index contributed by atoms with van der Waals surface area (Å²) in [6, 6.07) is 3.42. The van der Waals surface area contributed by atoms with E-state index in [0.29, 0.717) is 25.9 Å². The molecule has 0 radical (unpaired) electrons. The number of aliphatic carboxylic acids is 1. The number of amides is 2. The number of halogens is 3. The van der Waals surface area contributed by atoms with Gasteiger partial charge in [-0.2, -0.15) is 13.2 Å². The molecule has 2 aliphatic heterocycles. The van der Waals surface area contributed by atoms with E-state index >= 15 is 0 Å². The number of likely N-dealkylation sites (tertiary alicyclic amines) is 1. The second-order valence-electron chi connectivity index (χ2n) is 6.62. The van der Waals surface area contributed by atoms with Gasteiger partial charge in [0, 0.05) is 24.7 Å². The van der Waals surface area contributed by atoms with Gasteiger partial charge in [0.05, 0.1) is 30.8 Å². The highest BCUT2D eigenvalue weighted by Gasteiger charge is 2.47. The molecule has 9 heteroatoms. The molecule has 1 N–H and O–H groups in total. The summed E-state index contributed by atoms with van der Waals surface area (Å²) >= 11 is 0. The summed E-state index contributed by atoms with van der Waals surface area (Å²) in [7, 11) is 0. The van der Waals surface area contributed by atoms with E-state index in [9.17, 15) is 32.7 Å².